The fourth-order valence-electron chi connectivity index (χ4n) is 3.80. The van der Waals surface area contributed by atoms with Gasteiger partial charge in [0.05, 0.1) is 5.52 Å². The smallest absolute Gasteiger partial charge is 0.263 e. The molecule has 5 heteroatoms. The van der Waals surface area contributed by atoms with E-state index in [1.807, 2.05) is 48.7 Å². The monoisotopic (exact) mass is 380 g/mol. The number of hydrogen-bond donors (Lipinski definition) is 0. The molecule has 4 rings (SSSR count). The van der Waals surface area contributed by atoms with Gasteiger partial charge in [-0.3, -0.25) is 9.59 Å². The summed E-state index contributed by atoms with van der Waals surface area (Å²) in [6.45, 7) is 4.68. The van der Waals surface area contributed by atoms with E-state index in [2.05, 4.69) is 0 Å². The van der Waals surface area contributed by atoms with E-state index in [0.717, 1.165) is 29.6 Å². The van der Waals surface area contributed by atoms with Gasteiger partial charge in [-0.15, -0.1) is 0 Å². The van der Waals surface area contributed by atoms with E-state index in [0.29, 0.717) is 17.0 Å². The van der Waals surface area contributed by atoms with Crippen LogP contribution in [0.3, 0.4) is 0 Å². The molecule has 2 heterocycles. The first-order valence-corrected chi connectivity index (χ1v) is 9.59. The van der Waals surface area contributed by atoms with Crippen LogP contribution in [0.2, 0.25) is 5.02 Å². The standard InChI is InChI=1S/C22H21ClN2O2/c1-14(2)25-13-18(21(26)17-12-16(23)9-10-20(17)25)22(27)24-11-5-7-15-6-3-4-8-19(15)24/h3-4,6,8-10,12-14H,5,7,11H2,1-2H3. The number of carbonyl (C=O) groups excluding carboxylic acids is 1. The molecule has 0 fully saturated rings. The molecule has 1 aromatic heterocycles. The number of halogens is 1. The Hall–Kier alpha value is -2.59. The van der Waals surface area contributed by atoms with Crippen molar-refractivity contribution in [2.75, 3.05) is 11.4 Å². The topological polar surface area (TPSA) is 42.3 Å². The van der Waals surface area contributed by atoms with E-state index in [9.17, 15) is 9.59 Å². The normalized spacial score (nSPS) is 13.9. The van der Waals surface area contributed by atoms with Gasteiger partial charge in [-0.05, 0) is 56.5 Å². The van der Waals surface area contributed by atoms with Crippen LogP contribution in [0.15, 0.2) is 53.5 Å². The third-order valence-electron chi connectivity index (χ3n) is 5.14. The Morgan fingerprint density at radius 2 is 1.93 bits per heavy atom. The molecule has 1 aliphatic rings. The molecule has 1 aliphatic heterocycles. The van der Waals surface area contributed by atoms with E-state index in [1.165, 1.54) is 0 Å². The van der Waals surface area contributed by atoms with E-state index in [-0.39, 0.29) is 22.9 Å². The second-order valence-corrected chi connectivity index (χ2v) is 7.66. The molecular weight excluding hydrogens is 360 g/mol. The Morgan fingerprint density at radius 3 is 2.70 bits per heavy atom. The van der Waals surface area contributed by atoms with Crippen molar-refractivity contribution in [2.24, 2.45) is 0 Å². The van der Waals surface area contributed by atoms with E-state index >= 15 is 0 Å². The van der Waals surface area contributed by atoms with Gasteiger partial charge in [0.2, 0.25) is 5.43 Å². The first-order valence-electron chi connectivity index (χ1n) is 9.21. The summed E-state index contributed by atoms with van der Waals surface area (Å²) >= 11 is 6.13. The highest BCUT2D eigenvalue weighted by atomic mass is 35.5. The number of aryl methyl sites for hydroxylation is 1. The van der Waals surface area contributed by atoms with Crippen molar-refractivity contribution in [3.05, 3.63) is 75.0 Å². The molecule has 0 aliphatic carbocycles. The van der Waals surface area contributed by atoms with Crippen LogP contribution in [0.1, 0.15) is 42.2 Å². The van der Waals surface area contributed by atoms with E-state index in [4.69, 9.17) is 11.6 Å². The molecule has 0 saturated carbocycles. The van der Waals surface area contributed by atoms with Crippen LogP contribution in [0, 0.1) is 0 Å². The fourth-order valence-corrected chi connectivity index (χ4v) is 3.97. The first-order chi connectivity index (χ1) is 13.0. The number of anilines is 1. The van der Waals surface area contributed by atoms with Gasteiger partial charge in [0.15, 0.2) is 0 Å². The van der Waals surface area contributed by atoms with Gasteiger partial charge in [-0.2, -0.15) is 0 Å². The Labute approximate surface area is 163 Å². The maximum absolute atomic E-state index is 13.4. The van der Waals surface area contributed by atoms with Gasteiger partial charge in [0.1, 0.15) is 5.56 Å². The van der Waals surface area contributed by atoms with Crippen molar-refractivity contribution in [2.45, 2.75) is 32.7 Å². The lowest BCUT2D eigenvalue weighted by Crippen LogP contribution is -2.38. The van der Waals surface area contributed by atoms with Gasteiger partial charge < -0.3 is 9.47 Å². The van der Waals surface area contributed by atoms with Crippen LogP contribution >= 0.6 is 11.6 Å². The molecule has 0 radical (unpaired) electrons. The lowest BCUT2D eigenvalue weighted by atomic mass is 10.0. The highest BCUT2D eigenvalue weighted by molar-refractivity contribution is 6.31. The molecule has 0 unspecified atom stereocenters. The average molecular weight is 381 g/mol. The minimum atomic E-state index is -0.266. The molecule has 1 amide bonds. The third kappa shape index (κ3) is 3.04. The summed E-state index contributed by atoms with van der Waals surface area (Å²) in [4.78, 5) is 28.2. The summed E-state index contributed by atoms with van der Waals surface area (Å²) in [5, 5.41) is 0.968. The van der Waals surface area contributed by atoms with Crippen molar-refractivity contribution in [1.29, 1.82) is 0 Å². The zero-order valence-corrected chi connectivity index (χ0v) is 16.2. The summed E-state index contributed by atoms with van der Waals surface area (Å²) in [6, 6.07) is 13.3. The Morgan fingerprint density at radius 1 is 1.15 bits per heavy atom. The van der Waals surface area contributed by atoms with Crippen LogP contribution in [0.25, 0.3) is 10.9 Å². The SMILES string of the molecule is CC(C)n1cc(C(=O)N2CCCc3ccccc32)c(=O)c2cc(Cl)ccc21. The highest BCUT2D eigenvalue weighted by Crippen LogP contribution is 2.28. The van der Waals surface area contributed by atoms with Gasteiger partial charge >= 0.3 is 0 Å². The van der Waals surface area contributed by atoms with Gasteiger partial charge in [-0.25, -0.2) is 0 Å². The molecule has 0 spiro atoms. The molecule has 0 bridgehead atoms. The number of aromatic nitrogens is 1. The second-order valence-electron chi connectivity index (χ2n) is 7.22. The van der Waals surface area contributed by atoms with Crippen molar-refractivity contribution >= 4 is 34.1 Å². The number of hydrogen-bond acceptors (Lipinski definition) is 2. The molecule has 0 atom stereocenters. The Bertz CT molecular complexity index is 1100. The second kappa shape index (κ2) is 6.86. The molecule has 2 aromatic carbocycles. The zero-order valence-electron chi connectivity index (χ0n) is 15.4. The third-order valence-corrected chi connectivity index (χ3v) is 5.37. The number of fused-ring (bicyclic) bond motifs is 2. The summed E-state index contributed by atoms with van der Waals surface area (Å²) in [5.41, 5.74) is 2.75. The molecule has 4 nitrogen and oxygen atoms in total. The Balaban J connectivity index is 1.91. The highest BCUT2D eigenvalue weighted by Gasteiger charge is 2.26. The first kappa shape index (κ1) is 17.8. The number of carbonyl (C=O) groups is 1. The minimum Gasteiger partial charge on any atom is -0.344 e. The zero-order chi connectivity index (χ0) is 19.1. The van der Waals surface area contributed by atoms with Crippen LogP contribution in [-0.2, 0) is 6.42 Å². The van der Waals surface area contributed by atoms with Crippen molar-refractivity contribution < 1.29 is 4.79 Å². The van der Waals surface area contributed by atoms with E-state index in [1.54, 1.807) is 23.2 Å². The Kier molecular flexibility index (Phi) is 4.52. The van der Waals surface area contributed by atoms with Gasteiger partial charge in [0.25, 0.3) is 5.91 Å². The summed E-state index contributed by atoms with van der Waals surface area (Å²) in [6.07, 6.45) is 3.53. The summed E-state index contributed by atoms with van der Waals surface area (Å²) in [7, 11) is 0. The predicted octanol–water partition coefficient (Wildman–Crippen LogP) is 4.83. The van der Waals surface area contributed by atoms with Gasteiger partial charge in [-0.1, -0.05) is 29.8 Å². The number of amides is 1. The average Bonchev–Trinajstić information content (AvgIpc) is 2.67. The maximum Gasteiger partial charge on any atom is 0.263 e. The fraction of sp³-hybridized carbons (Fsp3) is 0.273. The number of nitrogens with zero attached hydrogens (tertiary/aromatic N) is 2. The quantitative estimate of drug-likeness (QED) is 0.639. The number of benzene rings is 2. The predicted molar refractivity (Wildman–Crippen MR) is 110 cm³/mol. The largest absolute Gasteiger partial charge is 0.344 e. The lowest BCUT2D eigenvalue weighted by molar-refractivity contribution is 0.0983. The molecule has 138 valence electrons. The van der Waals surface area contributed by atoms with E-state index < -0.39 is 0 Å². The molecule has 27 heavy (non-hydrogen) atoms. The number of pyridine rings is 1. The molecule has 3 aromatic rings. The summed E-state index contributed by atoms with van der Waals surface area (Å²) in [5.74, 6) is -0.247. The number of para-hydroxylation sites is 1. The van der Waals surface area contributed by atoms with Crippen LogP contribution in [0.5, 0.6) is 0 Å². The minimum absolute atomic E-state index is 0.106. The summed E-state index contributed by atoms with van der Waals surface area (Å²) < 4.78 is 1.97. The van der Waals surface area contributed by atoms with Crippen LogP contribution < -0.4 is 10.3 Å². The molecule has 0 N–H and O–H groups in total. The molecular formula is C22H21ClN2O2. The maximum atomic E-state index is 13.4. The van der Waals surface area contributed by atoms with Crippen molar-refractivity contribution in [3.63, 3.8) is 0 Å². The molecule has 0 saturated heterocycles. The van der Waals surface area contributed by atoms with Gasteiger partial charge in [0, 0.05) is 34.9 Å². The van der Waals surface area contributed by atoms with Crippen molar-refractivity contribution in [1.82, 2.24) is 4.57 Å². The number of rotatable bonds is 2. The van der Waals surface area contributed by atoms with Crippen LogP contribution in [0.4, 0.5) is 5.69 Å². The lowest BCUT2D eigenvalue weighted by Gasteiger charge is -2.29. The van der Waals surface area contributed by atoms with Crippen LogP contribution in [-0.4, -0.2) is 17.0 Å². The van der Waals surface area contributed by atoms with Crippen molar-refractivity contribution in [3.8, 4) is 0 Å².